The van der Waals surface area contributed by atoms with E-state index in [0.717, 1.165) is 12.8 Å². The van der Waals surface area contributed by atoms with E-state index in [1.807, 2.05) is 0 Å². The molecule has 0 unspecified atom stereocenters. The van der Waals surface area contributed by atoms with E-state index in [2.05, 4.69) is 6.92 Å². The van der Waals surface area contributed by atoms with Crippen LogP contribution in [0.4, 0.5) is 0 Å². The van der Waals surface area contributed by atoms with Gasteiger partial charge < -0.3 is 0 Å². The Bertz CT molecular complexity index is 116. The van der Waals surface area contributed by atoms with Gasteiger partial charge in [-0.3, -0.25) is 9.05 Å². The van der Waals surface area contributed by atoms with E-state index in [4.69, 9.17) is 9.05 Å². The molecule has 0 bridgehead atoms. The molecular weight excluding hydrogens is 151 g/mol. The summed E-state index contributed by atoms with van der Waals surface area (Å²) in [6.07, 6.45) is 2.23. The van der Waals surface area contributed by atoms with Gasteiger partial charge in [0.15, 0.2) is 0 Å². The van der Waals surface area contributed by atoms with Crippen LogP contribution in [0.2, 0.25) is 0 Å². The summed E-state index contributed by atoms with van der Waals surface area (Å²) in [5, 5.41) is 0. The molecule has 1 aliphatic rings. The number of hydrogen-bond acceptors (Lipinski definition) is 3. The van der Waals surface area contributed by atoms with Gasteiger partial charge in [-0.15, -0.1) is 0 Å². The van der Waals surface area contributed by atoms with E-state index in [1.165, 1.54) is 0 Å². The van der Waals surface area contributed by atoms with Gasteiger partial charge >= 0.3 is 8.25 Å². The minimum Gasteiger partial charge on any atom is -0.282 e. The lowest BCUT2D eigenvalue weighted by Crippen LogP contribution is -2.17. The molecule has 10 heavy (non-hydrogen) atoms. The lowest BCUT2D eigenvalue weighted by atomic mass is 10.1. The predicted molar refractivity (Wildman–Crippen MR) is 37.9 cm³/mol. The second-order valence-corrected chi connectivity index (χ2v) is 3.43. The fourth-order valence-corrected chi connectivity index (χ4v) is 1.73. The van der Waals surface area contributed by atoms with E-state index >= 15 is 0 Å². The van der Waals surface area contributed by atoms with Crippen LogP contribution in [0.5, 0.6) is 0 Å². The highest BCUT2D eigenvalue weighted by Gasteiger charge is 2.18. The molecule has 3 nitrogen and oxygen atoms in total. The summed E-state index contributed by atoms with van der Waals surface area (Å²) in [6, 6.07) is 0. The van der Waals surface area contributed by atoms with Crippen LogP contribution >= 0.6 is 8.25 Å². The largest absolute Gasteiger partial charge is 0.368 e. The molecular formula is C6H12O3P. The maximum absolute atomic E-state index is 10.5. The monoisotopic (exact) mass is 163 g/mol. The second-order valence-electron chi connectivity index (χ2n) is 2.47. The van der Waals surface area contributed by atoms with Crippen molar-refractivity contribution in [3.05, 3.63) is 0 Å². The smallest absolute Gasteiger partial charge is 0.282 e. The molecule has 0 N–H and O–H groups in total. The molecule has 0 aliphatic carbocycles. The SMILES string of the molecule is CCCC1CO[P](=O)OC1. The molecule has 1 fully saturated rings. The molecule has 0 saturated carbocycles. The zero-order chi connectivity index (χ0) is 7.40. The van der Waals surface area contributed by atoms with Crippen molar-refractivity contribution in [3.63, 3.8) is 0 Å². The lowest BCUT2D eigenvalue weighted by molar-refractivity contribution is 0.103. The maximum atomic E-state index is 10.5. The topological polar surface area (TPSA) is 35.5 Å². The van der Waals surface area contributed by atoms with Gasteiger partial charge in [0.2, 0.25) is 0 Å². The summed E-state index contributed by atoms with van der Waals surface area (Å²) >= 11 is 0. The van der Waals surface area contributed by atoms with Gasteiger partial charge in [0.05, 0.1) is 13.2 Å². The van der Waals surface area contributed by atoms with E-state index in [1.54, 1.807) is 0 Å². The fourth-order valence-electron chi connectivity index (χ4n) is 0.993. The third kappa shape index (κ3) is 2.33. The first-order valence-electron chi connectivity index (χ1n) is 3.56. The van der Waals surface area contributed by atoms with Crippen molar-refractivity contribution < 1.29 is 13.6 Å². The molecule has 1 radical (unpaired) electrons. The molecule has 0 amide bonds. The standard InChI is InChI=1S/C6H12O3P/c1-2-3-6-4-8-10(7)9-5-6/h6H,2-5H2,1H3. The summed E-state index contributed by atoms with van der Waals surface area (Å²) in [4.78, 5) is 0. The van der Waals surface area contributed by atoms with Crippen LogP contribution in [-0.4, -0.2) is 13.2 Å². The van der Waals surface area contributed by atoms with Crippen molar-refractivity contribution in [1.29, 1.82) is 0 Å². The van der Waals surface area contributed by atoms with Crippen molar-refractivity contribution in [2.75, 3.05) is 13.2 Å². The van der Waals surface area contributed by atoms with Crippen molar-refractivity contribution >= 4 is 8.25 Å². The van der Waals surface area contributed by atoms with Gasteiger partial charge in [0.1, 0.15) is 0 Å². The van der Waals surface area contributed by atoms with Crippen LogP contribution in [0.25, 0.3) is 0 Å². The molecule has 1 aliphatic heterocycles. The Morgan fingerprint density at radius 2 is 2.10 bits per heavy atom. The van der Waals surface area contributed by atoms with Crippen LogP contribution in [-0.2, 0) is 13.6 Å². The zero-order valence-corrected chi connectivity index (χ0v) is 6.97. The Morgan fingerprint density at radius 3 is 2.60 bits per heavy atom. The van der Waals surface area contributed by atoms with Crippen LogP contribution < -0.4 is 0 Å². The van der Waals surface area contributed by atoms with Crippen molar-refractivity contribution in [2.45, 2.75) is 19.8 Å². The van der Waals surface area contributed by atoms with Gasteiger partial charge in [-0.1, -0.05) is 13.3 Å². The molecule has 0 aromatic rings. The van der Waals surface area contributed by atoms with Crippen molar-refractivity contribution in [3.8, 4) is 0 Å². The lowest BCUT2D eigenvalue weighted by Gasteiger charge is -2.19. The quantitative estimate of drug-likeness (QED) is 0.585. The average molecular weight is 163 g/mol. The van der Waals surface area contributed by atoms with Crippen LogP contribution in [0.3, 0.4) is 0 Å². The molecule has 0 atom stereocenters. The van der Waals surface area contributed by atoms with E-state index < -0.39 is 8.25 Å². The van der Waals surface area contributed by atoms with Gasteiger partial charge in [0, 0.05) is 5.92 Å². The molecule has 0 aromatic heterocycles. The van der Waals surface area contributed by atoms with Gasteiger partial charge in [-0.25, -0.2) is 4.57 Å². The molecule has 0 spiro atoms. The minimum atomic E-state index is -1.78. The molecule has 59 valence electrons. The zero-order valence-electron chi connectivity index (χ0n) is 6.08. The highest BCUT2D eigenvalue weighted by molar-refractivity contribution is 7.33. The average Bonchev–Trinajstić information content (AvgIpc) is 1.95. The molecule has 1 rings (SSSR count). The van der Waals surface area contributed by atoms with Crippen molar-refractivity contribution in [1.82, 2.24) is 0 Å². The number of hydrogen-bond donors (Lipinski definition) is 0. The molecule has 4 heteroatoms. The number of rotatable bonds is 2. The van der Waals surface area contributed by atoms with E-state index in [0.29, 0.717) is 19.1 Å². The Kier molecular flexibility index (Phi) is 3.26. The van der Waals surface area contributed by atoms with Gasteiger partial charge in [-0.2, -0.15) is 0 Å². The Labute approximate surface area is 61.7 Å². The third-order valence-electron chi connectivity index (χ3n) is 1.53. The minimum absolute atomic E-state index is 0.456. The van der Waals surface area contributed by atoms with Crippen LogP contribution in [0, 0.1) is 5.92 Å². The Balaban J connectivity index is 2.19. The Morgan fingerprint density at radius 1 is 1.50 bits per heavy atom. The molecule has 1 saturated heterocycles. The highest BCUT2D eigenvalue weighted by Crippen LogP contribution is 2.31. The summed E-state index contributed by atoms with van der Waals surface area (Å²) in [6.45, 7) is 3.32. The van der Waals surface area contributed by atoms with Crippen LogP contribution in [0.15, 0.2) is 0 Å². The summed E-state index contributed by atoms with van der Waals surface area (Å²) < 4.78 is 20.2. The first-order chi connectivity index (χ1) is 4.83. The normalized spacial score (nSPS) is 30.5. The maximum Gasteiger partial charge on any atom is 0.368 e. The van der Waals surface area contributed by atoms with Crippen molar-refractivity contribution in [2.24, 2.45) is 5.92 Å². The third-order valence-corrected chi connectivity index (χ3v) is 2.25. The summed E-state index contributed by atoms with van der Waals surface area (Å²) in [5.41, 5.74) is 0. The van der Waals surface area contributed by atoms with E-state index in [9.17, 15) is 4.57 Å². The first kappa shape index (κ1) is 8.12. The van der Waals surface area contributed by atoms with Gasteiger partial charge in [-0.05, 0) is 6.42 Å². The predicted octanol–water partition coefficient (Wildman–Crippen LogP) is 2.11. The van der Waals surface area contributed by atoms with E-state index in [-0.39, 0.29) is 0 Å². The molecule has 1 heterocycles. The summed E-state index contributed by atoms with van der Waals surface area (Å²) in [5.74, 6) is 0.456. The molecule has 0 aromatic carbocycles. The van der Waals surface area contributed by atoms with Gasteiger partial charge in [0.25, 0.3) is 0 Å². The van der Waals surface area contributed by atoms with Crippen LogP contribution in [0.1, 0.15) is 19.8 Å². The first-order valence-corrected chi connectivity index (χ1v) is 4.65. The summed E-state index contributed by atoms with van der Waals surface area (Å²) in [7, 11) is -1.78. The highest BCUT2D eigenvalue weighted by atomic mass is 31.1. The Hall–Kier alpha value is 0.0200. The fraction of sp³-hybridized carbons (Fsp3) is 1.00. The second kappa shape index (κ2) is 4.02.